The van der Waals surface area contributed by atoms with E-state index in [-0.39, 0.29) is 12.6 Å². The third-order valence-corrected chi connectivity index (χ3v) is 3.50. The number of carboxylic acids is 1. The number of anilines is 1. The zero-order valence-corrected chi connectivity index (χ0v) is 11.8. The smallest absolute Gasteiger partial charge is 0.323 e. The number of nitrogens with one attached hydrogen (secondary N) is 1. The van der Waals surface area contributed by atoms with Crippen LogP contribution in [-0.4, -0.2) is 44.9 Å². The molecule has 0 spiro atoms. The number of aliphatic carboxylic acids is 1. The summed E-state index contributed by atoms with van der Waals surface area (Å²) in [4.78, 5) is 24.5. The molecule has 2 amide bonds. The highest BCUT2D eigenvalue weighted by Gasteiger charge is 2.31. The molecule has 2 N–H and O–H groups in total. The molecule has 1 saturated heterocycles. The number of nitrogens with zero attached hydrogens (tertiary/aromatic N) is 3. The predicted octanol–water partition coefficient (Wildman–Crippen LogP) is 1.31. The topological polar surface area (TPSA) is 87.5 Å². The zero-order chi connectivity index (χ0) is 14.7. The van der Waals surface area contributed by atoms with E-state index in [4.69, 9.17) is 5.11 Å². The van der Waals surface area contributed by atoms with Gasteiger partial charge in [-0.05, 0) is 12.8 Å². The molecule has 7 heteroatoms. The van der Waals surface area contributed by atoms with Gasteiger partial charge in [0.15, 0.2) is 0 Å². The molecule has 0 radical (unpaired) electrons. The molecule has 0 bridgehead atoms. The number of aryl methyl sites for hydroxylation is 2. The second-order valence-corrected chi connectivity index (χ2v) is 5.09. The molecule has 2 heterocycles. The minimum Gasteiger partial charge on any atom is -0.481 e. The lowest BCUT2D eigenvalue weighted by atomic mass is 10.1. The fourth-order valence-electron chi connectivity index (χ4n) is 2.36. The van der Waals surface area contributed by atoms with E-state index in [1.165, 1.54) is 4.90 Å². The van der Waals surface area contributed by atoms with Crippen molar-refractivity contribution in [2.45, 2.75) is 26.2 Å². The first-order valence-electron chi connectivity index (χ1n) is 6.83. The van der Waals surface area contributed by atoms with Crippen molar-refractivity contribution in [2.75, 3.05) is 18.4 Å². The third-order valence-electron chi connectivity index (χ3n) is 3.50. The van der Waals surface area contributed by atoms with Crippen LogP contribution in [0.4, 0.5) is 10.6 Å². The van der Waals surface area contributed by atoms with Gasteiger partial charge in [0.25, 0.3) is 0 Å². The molecule has 1 atom stereocenters. The summed E-state index contributed by atoms with van der Waals surface area (Å²) in [6, 6.07) is 1.59. The van der Waals surface area contributed by atoms with Crippen LogP contribution in [0.25, 0.3) is 0 Å². The number of hydrogen-bond acceptors (Lipinski definition) is 3. The maximum atomic E-state index is 12.1. The Labute approximate surface area is 117 Å². The van der Waals surface area contributed by atoms with Crippen LogP contribution in [-0.2, 0) is 18.3 Å². The number of rotatable bonds is 4. The molecule has 1 aliphatic rings. The number of likely N-dealkylation sites (tertiary alicyclic amines) is 1. The van der Waals surface area contributed by atoms with Gasteiger partial charge in [0.1, 0.15) is 5.82 Å². The predicted molar refractivity (Wildman–Crippen MR) is 73.5 cm³/mol. The van der Waals surface area contributed by atoms with Crippen molar-refractivity contribution < 1.29 is 14.7 Å². The van der Waals surface area contributed by atoms with Gasteiger partial charge in [0, 0.05) is 26.2 Å². The second-order valence-electron chi connectivity index (χ2n) is 5.09. The van der Waals surface area contributed by atoms with Crippen LogP contribution in [0.1, 0.15) is 25.5 Å². The highest BCUT2D eigenvalue weighted by Crippen LogP contribution is 2.18. The Morgan fingerprint density at radius 1 is 1.55 bits per heavy atom. The summed E-state index contributed by atoms with van der Waals surface area (Å²) in [5.41, 5.74) is 0.940. The molecule has 0 saturated carbocycles. The summed E-state index contributed by atoms with van der Waals surface area (Å²) in [5, 5.41) is 16.0. The van der Waals surface area contributed by atoms with E-state index in [9.17, 15) is 9.59 Å². The number of carbonyl (C=O) groups is 2. The van der Waals surface area contributed by atoms with Crippen LogP contribution in [0, 0.1) is 5.92 Å². The van der Waals surface area contributed by atoms with Gasteiger partial charge in [-0.3, -0.25) is 14.8 Å². The van der Waals surface area contributed by atoms with Crippen molar-refractivity contribution in [2.24, 2.45) is 13.0 Å². The molecule has 0 aromatic carbocycles. The largest absolute Gasteiger partial charge is 0.481 e. The Morgan fingerprint density at radius 3 is 2.90 bits per heavy atom. The molecule has 7 nitrogen and oxygen atoms in total. The van der Waals surface area contributed by atoms with E-state index < -0.39 is 11.9 Å². The Balaban J connectivity index is 1.96. The van der Waals surface area contributed by atoms with Gasteiger partial charge in [-0.25, -0.2) is 4.79 Å². The van der Waals surface area contributed by atoms with Gasteiger partial charge >= 0.3 is 12.0 Å². The number of carboxylic acid groups (broad SMARTS) is 1. The maximum Gasteiger partial charge on any atom is 0.323 e. The molecule has 110 valence electrons. The number of hydrogen-bond donors (Lipinski definition) is 2. The average Bonchev–Trinajstić information content (AvgIpc) is 2.98. The summed E-state index contributed by atoms with van der Waals surface area (Å²) in [6.45, 7) is 2.81. The fraction of sp³-hybridized carbons (Fsp3) is 0.615. The van der Waals surface area contributed by atoms with Crippen molar-refractivity contribution in [1.29, 1.82) is 0 Å². The Hall–Kier alpha value is -2.05. The lowest BCUT2D eigenvalue weighted by Crippen LogP contribution is -2.34. The summed E-state index contributed by atoms with van der Waals surface area (Å²) in [6.07, 6.45) is 2.38. The van der Waals surface area contributed by atoms with E-state index in [2.05, 4.69) is 17.3 Å². The monoisotopic (exact) mass is 280 g/mol. The van der Waals surface area contributed by atoms with Crippen LogP contribution >= 0.6 is 0 Å². The van der Waals surface area contributed by atoms with Crippen molar-refractivity contribution in [3.8, 4) is 0 Å². The van der Waals surface area contributed by atoms with E-state index >= 15 is 0 Å². The first-order valence-corrected chi connectivity index (χ1v) is 6.83. The minimum atomic E-state index is -0.842. The molecule has 2 rings (SSSR count). The maximum absolute atomic E-state index is 12.1. The van der Waals surface area contributed by atoms with E-state index in [0.29, 0.717) is 18.8 Å². The van der Waals surface area contributed by atoms with Crippen LogP contribution in [0.2, 0.25) is 0 Å². The van der Waals surface area contributed by atoms with Crippen LogP contribution in [0.15, 0.2) is 6.07 Å². The summed E-state index contributed by atoms with van der Waals surface area (Å²) < 4.78 is 1.63. The van der Waals surface area contributed by atoms with Crippen LogP contribution in [0.5, 0.6) is 0 Å². The molecule has 0 aliphatic carbocycles. The van der Waals surface area contributed by atoms with Crippen molar-refractivity contribution in [1.82, 2.24) is 14.7 Å². The SMILES string of the molecule is CCCc1cc(NC(=O)N2CCC(C(=O)O)C2)n(C)n1. The summed E-state index contributed by atoms with van der Waals surface area (Å²) in [5.74, 6) is -0.661. The molecule has 1 fully saturated rings. The lowest BCUT2D eigenvalue weighted by Gasteiger charge is -2.16. The standard InChI is InChI=1S/C13H20N4O3/c1-3-4-10-7-11(16(2)15-10)14-13(20)17-6-5-9(8-17)12(18)19/h7,9H,3-6,8H2,1-2H3,(H,14,20)(H,18,19). The van der Waals surface area contributed by atoms with Crippen molar-refractivity contribution in [3.05, 3.63) is 11.8 Å². The van der Waals surface area contributed by atoms with Crippen molar-refractivity contribution >= 4 is 17.8 Å². The molecule has 1 unspecified atom stereocenters. The normalized spacial score (nSPS) is 18.3. The molecular weight excluding hydrogens is 260 g/mol. The highest BCUT2D eigenvalue weighted by molar-refractivity contribution is 5.89. The quantitative estimate of drug-likeness (QED) is 0.870. The summed E-state index contributed by atoms with van der Waals surface area (Å²) >= 11 is 0. The van der Waals surface area contributed by atoms with Gasteiger partial charge in [0.2, 0.25) is 0 Å². The van der Waals surface area contributed by atoms with Crippen molar-refractivity contribution in [3.63, 3.8) is 0 Å². The molecular formula is C13H20N4O3. The minimum absolute atomic E-state index is 0.264. The number of amides is 2. The molecule has 20 heavy (non-hydrogen) atoms. The molecule has 1 aromatic heterocycles. The van der Waals surface area contributed by atoms with E-state index in [0.717, 1.165) is 18.5 Å². The Kier molecular flexibility index (Phi) is 4.26. The number of aromatic nitrogens is 2. The van der Waals surface area contributed by atoms with Gasteiger partial charge in [0.05, 0.1) is 11.6 Å². The van der Waals surface area contributed by atoms with Gasteiger partial charge in [-0.2, -0.15) is 5.10 Å². The van der Waals surface area contributed by atoms with Crippen LogP contribution in [0.3, 0.4) is 0 Å². The van der Waals surface area contributed by atoms with Gasteiger partial charge in [-0.15, -0.1) is 0 Å². The van der Waals surface area contributed by atoms with Crippen LogP contribution < -0.4 is 5.32 Å². The Morgan fingerprint density at radius 2 is 2.30 bits per heavy atom. The number of urea groups is 1. The third kappa shape index (κ3) is 3.09. The van der Waals surface area contributed by atoms with E-state index in [1.54, 1.807) is 11.7 Å². The summed E-state index contributed by atoms with van der Waals surface area (Å²) in [7, 11) is 1.78. The van der Waals surface area contributed by atoms with Gasteiger partial charge in [-0.1, -0.05) is 13.3 Å². The molecule has 1 aliphatic heterocycles. The van der Waals surface area contributed by atoms with Gasteiger partial charge < -0.3 is 10.0 Å². The lowest BCUT2D eigenvalue weighted by molar-refractivity contribution is -0.141. The zero-order valence-electron chi connectivity index (χ0n) is 11.8. The second kappa shape index (κ2) is 5.94. The first kappa shape index (κ1) is 14.4. The van der Waals surface area contributed by atoms with E-state index in [1.807, 2.05) is 6.07 Å². The Bertz CT molecular complexity index is 512. The first-order chi connectivity index (χ1) is 9.51. The highest BCUT2D eigenvalue weighted by atomic mass is 16.4. The molecule has 1 aromatic rings. The number of carbonyl (C=O) groups excluding carboxylic acids is 1. The fourth-order valence-corrected chi connectivity index (χ4v) is 2.36. The average molecular weight is 280 g/mol.